The maximum Gasteiger partial charge on any atom is 0.248 e. The highest BCUT2D eigenvalue weighted by atomic mass is 79.9. The summed E-state index contributed by atoms with van der Waals surface area (Å²) in [6, 6.07) is 9.09. The number of carbonyl (C=O) groups is 1. The van der Waals surface area contributed by atoms with E-state index < -0.39 is 27.8 Å². The Balaban J connectivity index is 2.31. The third-order valence-corrected chi connectivity index (χ3v) is 5.35. The van der Waals surface area contributed by atoms with Crippen LogP contribution in [-0.4, -0.2) is 26.6 Å². The fourth-order valence-corrected chi connectivity index (χ4v) is 3.86. The first-order valence-electron chi connectivity index (χ1n) is 7.10. The van der Waals surface area contributed by atoms with Crippen LogP contribution in [0.4, 0.5) is 15.8 Å². The van der Waals surface area contributed by atoms with Crippen LogP contribution < -0.4 is 9.62 Å². The largest absolute Gasteiger partial charge is 0.322 e. The molecule has 0 saturated heterocycles. The molecule has 0 aromatic heterocycles. The Morgan fingerprint density at radius 1 is 1.24 bits per heavy atom. The lowest BCUT2D eigenvalue weighted by Crippen LogP contribution is -2.45. The van der Waals surface area contributed by atoms with Crippen molar-refractivity contribution >= 4 is 54.8 Å². The third kappa shape index (κ3) is 4.93. The number of nitrogens with zero attached hydrogens (tertiary/aromatic N) is 1. The minimum Gasteiger partial charge on any atom is -0.322 e. The summed E-state index contributed by atoms with van der Waals surface area (Å²) in [4.78, 5) is 12.5. The summed E-state index contributed by atoms with van der Waals surface area (Å²) in [5.41, 5.74) is 0.246. The van der Waals surface area contributed by atoms with Crippen molar-refractivity contribution in [3.05, 3.63) is 57.8 Å². The Bertz CT molecular complexity index is 891. The normalized spacial score (nSPS) is 12.5. The summed E-state index contributed by atoms with van der Waals surface area (Å²) in [7, 11) is -3.76. The molecule has 0 aliphatic carbocycles. The second-order valence-corrected chi connectivity index (χ2v) is 8.54. The molecule has 2 rings (SSSR count). The van der Waals surface area contributed by atoms with Gasteiger partial charge in [-0.25, -0.2) is 12.8 Å². The van der Waals surface area contributed by atoms with Gasteiger partial charge in [0.05, 0.1) is 17.6 Å². The molecule has 2 aromatic rings. The van der Waals surface area contributed by atoms with Crippen LogP contribution in [0.2, 0.25) is 5.02 Å². The van der Waals surface area contributed by atoms with Gasteiger partial charge in [0.2, 0.25) is 15.9 Å². The Kier molecular flexibility index (Phi) is 6.08. The van der Waals surface area contributed by atoms with Crippen LogP contribution in [-0.2, 0) is 14.8 Å². The number of amides is 1. The van der Waals surface area contributed by atoms with E-state index in [1.54, 1.807) is 6.07 Å². The summed E-state index contributed by atoms with van der Waals surface area (Å²) in [5, 5.41) is 2.84. The lowest BCUT2D eigenvalue weighted by Gasteiger charge is -2.28. The number of hydrogen-bond acceptors (Lipinski definition) is 3. The summed E-state index contributed by atoms with van der Waals surface area (Å²) in [6.07, 6.45) is 0.992. The highest BCUT2D eigenvalue weighted by molar-refractivity contribution is 9.10. The van der Waals surface area contributed by atoms with Crippen molar-refractivity contribution in [3.8, 4) is 0 Å². The zero-order valence-corrected chi connectivity index (χ0v) is 16.5. The van der Waals surface area contributed by atoms with E-state index in [0.29, 0.717) is 9.50 Å². The average Bonchev–Trinajstić information content (AvgIpc) is 2.50. The van der Waals surface area contributed by atoms with Gasteiger partial charge in [-0.15, -0.1) is 0 Å². The van der Waals surface area contributed by atoms with Crippen molar-refractivity contribution < 1.29 is 17.6 Å². The van der Waals surface area contributed by atoms with Gasteiger partial charge < -0.3 is 5.32 Å². The van der Waals surface area contributed by atoms with Crippen LogP contribution in [0.15, 0.2) is 46.9 Å². The second-order valence-electron chi connectivity index (χ2n) is 5.32. The van der Waals surface area contributed by atoms with E-state index in [0.717, 1.165) is 10.6 Å². The van der Waals surface area contributed by atoms with Crippen molar-refractivity contribution in [1.82, 2.24) is 0 Å². The van der Waals surface area contributed by atoms with E-state index in [1.165, 1.54) is 43.3 Å². The molecule has 1 N–H and O–H groups in total. The predicted molar refractivity (Wildman–Crippen MR) is 101 cm³/mol. The first-order chi connectivity index (χ1) is 11.6. The van der Waals surface area contributed by atoms with Gasteiger partial charge in [-0.2, -0.15) is 0 Å². The monoisotopic (exact) mass is 448 g/mol. The molecule has 0 aliphatic heterocycles. The molecule has 25 heavy (non-hydrogen) atoms. The number of halogens is 3. The molecule has 9 heteroatoms. The molecule has 0 bridgehead atoms. The smallest absolute Gasteiger partial charge is 0.248 e. The molecule has 0 heterocycles. The van der Waals surface area contributed by atoms with Gasteiger partial charge in [0.25, 0.3) is 0 Å². The summed E-state index contributed by atoms with van der Waals surface area (Å²) in [5.74, 6) is -1.30. The topological polar surface area (TPSA) is 66.5 Å². The SMILES string of the molecule is C[C@H](C(=O)Nc1ccc(Br)cc1F)N(c1ccc(Cl)cc1)S(C)(=O)=O. The lowest BCUT2D eigenvalue weighted by molar-refractivity contribution is -0.116. The zero-order valence-electron chi connectivity index (χ0n) is 13.3. The number of sulfonamides is 1. The number of hydrogen-bond donors (Lipinski definition) is 1. The van der Waals surface area contributed by atoms with Crippen LogP contribution in [0.1, 0.15) is 6.92 Å². The first kappa shape index (κ1) is 19.7. The maximum atomic E-state index is 13.9. The van der Waals surface area contributed by atoms with E-state index >= 15 is 0 Å². The van der Waals surface area contributed by atoms with Gasteiger partial charge in [-0.1, -0.05) is 27.5 Å². The zero-order chi connectivity index (χ0) is 18.8. The molecule has 1 atom stereocenters. The molecule has 1 amide bonds. The van der Waals surface area contributed by atoms with Crippen LogP contribution in [0, 0.1) is 5.82 Å². The van der Waals surface area contributed by atoms with E-state index in [9.17, 15) is 17.6 Å². The van der Waals surface area contributed by atoms with Gasteiger partial charge in [0, 0.05) is 9.50 Å². The summed E-state index contributed by atoms with van der Waals surface area (Å²) in [6.45, 7) is 1.42. The maximum absolute atomic E-state index is 13.9. The second kappa shape index (κ2) is 7.72. The van der Waals surface area contributed by atoms with Gasteiger partial charge in [-0.05, 0) is 49.4 Å². The fraction of sp³-hybridized carbons (Fsp3) is 0.188. The van der Waals surface area contributed by atoms with Crippen LogP contribution in [0.5, 0.6) is 0 Å². The van der Waals surface area contributed by atoms with Crippen molar-refractivity contribution in [3.63, 3.8) is 0 Å². The van der Waals surface area contributed by atoms with Gasteiger partial charge in [0.15, 0.2) is 0 Å². The minimum absolute atomic E-state index is 0.0374. The Morgan fingerprint density at radius 3 is 2.36 bits per heavy atom. The average molecular weight is 450 g/mol. The molecule has 134 valence electrons. The van der Waals surface area contributed by atoms with Crippen molar-refractivity contribution in [2.45, 2.75) is 13.0 Å². The van der Waals surface area contributed by atoms with Crippen molar-refractivity contribution in [2.75, 3.05) is 15.9 Å². The molecule has 2 aromatic carbocycles. The first-order valence-corrected chi connectivity index (χ1v) is 10.1. The number of carbonyl (C=O) groups excluding carboxylic acids is 1. The highest BCUT2D eigenvalue weighted by Crippen LogP contribution is 2.24. The molecule has 5 nitrogen and oxygen atoms in total. The van der Waals surface area contributed by atoms with E-state index in [4.69, 9.17) is 11.6 Å². The van der Waals surface area contributed by atoms with Gasteiger partial charge >= 0.3 is 0 Å². The molecule has 0 fully saturated rings. The van der Waals surface area contributed by atoms with Crippen molar-refractivity contribution in [2.24, 2.45) is 0 Å². The van der Waals surface area contributed by atoms with Crippen LogP contribution in [0.25, 0.3) is 0 Å². The predicted octanol–water partition coefficient (Wildman–Crippen LogP) is 4.03. The molecule has 0 unspecified atom stereocenters. The molecule has 0 spiro atoms. The number of nitrogens with one attached hydrogen (secondary N) is 1. The summed E-state index contributed by atoms with van der Waals surface area (Å²) >= 11 is 8.94. The quantitative estimate of drug-likeness (QED) is 0.749. The Morgan fingerprint density at radius 2 is 1.84 bits per heavy atom. The lowest BCUT2D eigenvalue weighted by atomic mass is 10.2. The van der Waals surface area contributed by atoms with Crippen molar-refractivity contribution in [1.29, 1.82) is 0 Å². The number of anilines is 2. The minimum atomic E-state index is -3.76. The Hall–Kier alpha value is -1.64. The number of benzene rings is 2. The molecular formula is C16H15BrClFN2O3S. The Labute approximate surface area is 159 Å². The standard InChI is InChI=1S/C16H15BrClFN2O3S/c1-10(16(22)20-15-8-3-11(17)9-14(15)19)21(25(2,23)24)13-6-4-12(18)5-7-13/h3-10H,1-2H3,(H,20,22)/t10-/m1/s1. The van der Waals surface area contributed by atoms with Crippen LogP contribution in [0.3, 0.4) is 0 Å². The fourth-order valence-electron chi connectivity index (χ4n) is 2.22. The molecule has 0 saturated carbocycles. The van der Waals surface area contributed by atoms with E-state index in [1.807, 2.05) is 0 Å². The van der Waals surface area contributed by atoms with E-state index in [2.05, 4.69) is 21.2 Å². The molecular weight excluding hydrogens is 435 g/mol. The molecule has 0 radical (unpaired) electrons. The van der Waals surface area contributed by atoms with E-state index in [-0.39, 0.29) is 11.4 Å². The van der Waals surface area contributed by atoms with Gasteiger partial charge in [-0.3, -0.25) is 9.10 Å². The van der Waals surface area contributed by atoms with Gasteiger partial charge in [0.1, 0.15) is 11.9 Å². The third-order valence-electron chi connectivity index (χ3n) is 3.36. The number of rotatable bonds is 5. The highest BCUT2D eigenvalue weighted by Gasteiger charge is 2.29. The van der Waals surface area contributed by atoms with Crippen LogP contribution >= 0.6 is 27.5 Å². The molecule has 0 aliphatic rings. The summed E-state index contributed by atoms with van der Waals surface area (Å²) < 4.78 is 39.7.